The van der Waals surface area contributed by atoms with Crippen molar-refractivity contribution in [3.63, 3.8) is 0 Å². The molecule has 0 aliphatic rings. The fourth-order valence-electron chi connectivity index (χ4n) is 1.66. The zero-order valence-electron chi connectivity index (χ0n) is 10.1. The summed E-state index contributed by atoms with van der Waals surface area (Å²) in [5.41, 5.74) is 1.93. The van der Waals surface area contributed by atoms with E-state index in [0.717, 1.165) is 19.8 Å². The van der Waals surface area contributed by atoms with Crippen molar-refractivity contribution in [2.45, 2.75) is 12.3 Å². The van der Waals surface area contributed by atoms with Crippen LogP contribution in [-0.2, 0) is 0 Å². The summed E-state index contributed by atoms with van der Waals surface area (Å²) < 4.78 is 6.20. The number of rotatable bonds is 3. The minimum Gasteiger partial charge on any atom is -0.495 e. The largest absolute Gasteiger partial charge is 0.495 e. The Morgan fingerprint density at radius 3 is 2.42 bits per heavy atom. The van der Waals surface area contributed by atoms with Crippen LogP contribution in [0.2, 0.25) is 10.0 Å². The van der Waals surface area contributed by atoms with Crippen molar-refractivity contribution in [2.75, 3.05) is 7.11 Å². The number of halogens is 4. The molecule has 1 heterocycles. The van der Waals surface area contributed by atoms with Gasteiger partial charge in [0.2, 0.25) is 0 Å². The van der Waals surface area contributed by atoms with Gasteiger partial charge < -0.3 is 4.74 Å². The molecule has 1 nitrogen and oxygen atoms in total. The maximum Gasteiger partial charge on any atom is 0.138 e. The molecule has 0 aliphatic carbocycles. The third kappa shape index (κ3) is 3.22. The van der Waals surface area contributed by atoms with Gasteiger partial charge in [-0.3, -0.25) is 0 Å². The molecular formula is C13H10BrCl3OS. The van der Waals surface area contributed by atoms with Crippen LogP contribution in [0, 0.1) is 6.92 Å². The molecule has 1 unspecified atom stereocenters. The van der Waals surface area contributed by atoms with Crippen LogP contribution in [0.25, 0.3) is 0 Å². The van der Waals surface area contributed by atoms with Crippen molar-refractivity contribution in [3.8, 4) is 5.75 Å². The average molecular weight is 401 g/mol. The SMILES string of the molecule is COc1cc(Cl)c(C(Cl)c2cc(C)c(Br)s2)cc1Cl. The van der Waals surface area contributed by atoms with Crippen LogP contribution in [-0.4, -0.2) is 7.11 Å². The molecule has 0 fully saturated rings. The van der Waals surface area contributed by atoms with E-state index in [0.29, 0.717) is 15.8 Å². The molecule has 102 valence electrons. The third-order valence-electron chi connectivity index (χ3n) is 2.67. The third-order valence-corrected chi connectivity index (χ3v) is 6.09. The van der Waals surface area contributed by atoms with Crippen molar-refractivity contribution < 1.29 is 4.74 Å². The van der Waals surface area contributed by atoms with Gasteiger partial charge in [-0.1, -0.05) is 23.2 Å². The Hall–Kier alpha value is 0.0700. The molecule has 0 N–H and O–H groups in total. The predicted molar refractivity (Wildman–Crippen MR) is 87.5 cm³/mol. The molecule has 0 aliphatic heterocycles. The monoisotopic (exact) mass is 398 g/mol. The first-order valence-electron chi connectivity index (χ1n) is 5.37. The van der Waals surface area contributed by atoms with Gasteiger partial charge in [-0.05, 0) is 46.1 Å². The highest BCUT2D eigenvalue weighted by atomic mass is 79.9. The number of hydrogen-bond acceptors (Lipinski definition) is 2. The molecule has 2 aromatic rings. The number of methoxy groups -OCH3 is 1. The molecule has 1 aromatic heterocycles. The van der Waals surface area contributed by atoms with Gasteiger partial charge in [0, 0.05) is 16.0 Å². The normalized spacial score (nSPS) is 12.5. The van der Waals surface area contributed by atoms with Crippen LogP contribution in [0.5, 0.6) is 5.75 Å². The molecule has 19 heavy (non-hydrogen) atoms. The van der Waals surface area contributed by atoms with Gasteiger partial charge >= 0.3 is 0 Å². The summed E-state index contributed by atoms with van der Waals surface area (Å²) in [7, 11) is 1.55. The van der Waals surface area contributed by atoms with Crippen molar-refractivity contribution in [2.24, 2.45) is 0 Å². The highest BCUT2D eigenvalue weighted by Crippen LogP contribution is 2.42. The summed E-state index contributed by atoms with van der Waals surface area (Å²) in [4.78, 5) is 1.02. The molecule has 0 bridgehead atoms. The van der Waals surface area contributed by atoms with E-state index < -0.39 is 0 Å². The van der Waals surface area contributed by atoms with Gasteiger partial charge in [-0.15, -0.1) is 22.9 Å². The summed E-state index contributed by atoms with van der Waals surface area (Å²) in [6.45, 7) is 2.02. The van der Waals surface area contributed by atoms with Crippen LogP contribution >= 0.6 is 62.1 Å². The van der Waals surface area contributed by atoms with Crippen molar-refractivity contribution in [1.29, 1.82) is 0 Å². The summed E-state index contributed by atoms with van der Waals surface area (Å²) in [6, 6.07) is 5.48. The van der Waals surface area contributed by atoms with E-state index >= 15 is 0 Å². The van der Waals surface area contributed by atoms with Crippen molar-refractivity contribution >= 4 is 62.1 Å². The molecule has 6 heteroatoms. The number of ether oxygens (including phenoxy) is 1. The standard InChI is InChI=1S/C13H10BrCl3OS/c1-6-3-11(19-13(6)14)12(17)7-4-9(16)10(18-2)5-8(7)15/h3-5,12H,1-2H3. The molecule has 0 amide bonds. The minimum atomic E-state index is -0.328. The Morgan fingerprint density at radius 2 is 1.89 bits per heavy atom. The lowest BCUT2D eigenvalue weighted by Crippen LogP contribution is -1.94. The number of thiophene rings is 1. The maximum absolute atomic E-state index is 6.50. The van der Waals surface area contributed by atoms with Crippen molar-refractivity contribution in [3.05, 3.63) is 48.0 Å². The minimum absolute atomic E-state index is 0.328. The predicted octanol–water partition coefficient (Wildman–Crippen LogP) is 6.46. The van der Waals surface area contributed by atoms with Gasteiger partial charge in [-0.25, -0.2) is 0 Å². The van der Waals surface area contributed by atoms with Gasteiger partial charge in [0.1, 0.15) is 5.75 Å². The Morgan fingerprint density at radius 1 is 1.21 bits per heavy atom. The number of alkyl halides is 1. The van der Waals surface area contributed by atoms with E-state index in [9.17, 15) is 0 Å². The van der Waals surface area contributed by atoms with Crippen LogP contribution in [0.3, 0.4) is 0 Å². The first-order valence-corrected chi connectivity index (χ1v) is 8.17. The molecule has 0 saturated carbocycles. The molecular weight excluding hydrogens is 390 g/mol. The van der Waals surface area contributed by atoms with E-state index in [1.165, 1.54) is 0 Å². The second kappa shape index (κ2) is 6.23. The number of aryl methyl sites for hydroxylation is 1. The van der Waals surface area contributed by atoms with E-state index in [4.69, 9.17) is 39.5 Å². The number of benzene rings is 1. The molecule has 0 spiro atoms. The Kier molecular flexibility index (Phi) is 5.07. The molecule has 0 saturated heterocycles. The average Bonchev–Trinajstić information content (AvgIpc) is 2.71. The van der Waals surface area contributed by atoms with Gasteiger partial charge in [-0.2, -0.15) is 0 Å². The number of hydrogen-bond donors (Lipinski definition) is 0. The summed E-state index contributed by atoms with van der Waals surface area (Å²) in [5, 5.41) is 0.717. The van der Waals surface area contributed by atoms with Gasteiger partial charge in [0.15, 0.2) is 0 Å². The smallest absolute Gasteiger partial charge is 0.138 e. The van der Waals surface area contributed by atoms with Crippen LogP contribution in [0.15, 0.2) is 22.0 Å². The van der Waals surface area contributed by atoms with E-state index in [1.807, 2.05) is 13.0 Å². The van der Waals surface area contributed by atoms with Crippen LogP contribution in [0.4, 0.5) is 0 Å². The van der Waals surface area contributed by atoms with Gasteiger partial charge in [0.05, 0.1) is 21.3 Å². The first-order chi connectivity index (χ1) is 8.93. The Labute approximate surface area is 139 Å². The summed E-state index contributed by atoms with van der Waals surface area (Å²) in [5.74, 6) is 0.544. The van der Waals surface area contributed by atoms with Crippen LogP contribution in [0.1, 0.15) is 21.4 Å². The second-order valence-electron chi connectivity index (χ2n) is 3.98. The van der Waals surface area contributed by atoms with Crippen LogP contribution < -0.4 is 4.74 Å². The first kappa shape index (κ1) is 15.5. The van der Waals surface area contributed by atoms with E-state index in [2.05, 4.69) is 15.9 Å². The van der Waals surface area contributed by atoms with Gasteiger partial charge in [0.25, 0.3) is 0 Å². The quantitative estimate of drug-likeness (QED) is 0.537. The zero-order chi connectivity index (χ0) is 14.2. The highest BCUT2D eigenvalue weighted by molar-refractivity contribution is 9.11. The lowest BCUT2D eigenvalue weighted by atomic mass is 10.1. The second-order valence-corrected chi connectivity index (χ2v) is 7.63. The summed E-state index contributed by atoms with van der Waals surface area (Å²) in [6.07, 6.45) is 0. The zero-order valence-corrected chi connectivity index (χ0v) is 14.8. The lowest BCUT2D eigenvalue weighted by molar-refractivity contribution is 0.415. The fraction of sp³-hybridized carbons (Fsp3) is 0.231. The highest BCUT2D eigenvalue weighted by Gasteiger charge is 2.19. The molecule has 0 radical (unpaired) electrons. The molecule has 2 rings (SSSR count). The fourth-order valence-corrected chi connectivity index (χ4v) is 4.17. The van der Waals surface area contributed by atoms with Crippen molar-refractivity contribution in [1.82, 2.24) is 0 Å². The summed E-state index contributed by atoms with van der Waals surface area (Å²) >= 11 is 23.9. The lowest BCUT2D eigenvalue weighted by Gasteiger charge is -2.12. The molecule has 1 aromatic carbocycles. The Balaban J connectivity index is 2.44. The molecule has 1 atom stereocenters. The maximum atomic E-state index is 6.50. The van der Waals surface area contributed by atoms with E-state index in [-0.39, 0.29) is 5.38 Å². The van der Waals surface area contributed by atoms with E-state index in [1.54, 1.807) is 30.6 Å². The topological polar surface area (TPSA) is 9.23 Å². The Bertz CT molecular complexity index is 593.